The van der Waals surface area contributed by atoms with Gasteiger partial charge in [0.05, 0.1) is 14.2 Å². The number of benzene rings is 2. The van der Waals surface area contributed by atoms with Crippen LogP contribution in [0.15, 0.2) is 48.2 Å². The summed E-state index contributed by atoms with van der Waals surface area (Å²) in [6.07, 6.45) is 1.33. The van der Waals surface area contributed by atoms with Gasteiger partial charge in [-0.05, 0) is 48.0 Å². The number of carbonyl (C=O) groups excluding carboxylic acids is 1. The summed E-state index contributed by atoms with van der Waals surface area (Å²) in [7, 11) is 2.98. The number of aliphatic carboxylic acids is 1. The molecule has 2 aromatic rings. The van der Waals surface area contributed by atoms with Crippen LogP contribution >= 0.6 is 11.6 Å². The van der Waals surface area contributed by atoms with E-state index in [1.165, 1.54) is 32.4 Å². The molecule has 0 aliphatic heterocycles. The Morgan fingerprint density at radius 3 is 2.24 bits per heavy atom. The van der Waals surface area contributed by atoms with Crippen molar-refractivity contribution < 1.29 is 24.2 Å². The van der Waals surface area contributed by atoms with Crippen LogP contribution in [0.25, 0.3) is 6.08 Å². The Morgan fingerprint density at radius 1 is 1.04 bits per heavy atom. The highest BCUT2D eigenvalue weighted by Crippen LogP contribution is 2.28. The Kier molecular flexibility index (Phi) is 6.03. The third-order valence-corrected chi connectivity index (χ3v) is 3.56. The zero-order valence-electron chi connectivity index (χ0n) is 13.6. The number of carboxylic acids is 1. The molecule has 0 radical (unpaired) electrons. The van der Waals surface area contributed by atoms with Crippen LogP contribution in [-0.2, 0) is 4.79 Å². The summed E-state index contributed by atoms with van der Waals surface area (Å²) in [6.45, 7) is 0. The summed E-state index contributed by atoms with van der Waals surface area (Å²) in [5.74, 6) is -0.852. The molecule has 0 aliphatic rings. The molecule has 130 valence electrons. The van der Waals surface area contributed by atoms with Gasteiger partial charge < -0.3 is 19.9 Å². The number of ether oxygens (including phenoxy) is 2. The van der Waals surface area contributed by atoms with Crippen molar-refractivity contribution in [1.82, 2.24) is 5.32 Å². The quantitative estimate of drug-likeness (QED) is 0.772. The molecule has 0 spiro atoms. The minimum Gasteiger partial charge on any atom is -0.493 e. The van der Waals surface area contributed by atoms with Gasteiger partial charge in [-0.25, -0.2) is 4.79 Å². The first kappa shape index (κ1) is 18.4. The molecular formula is C18H16ClNO5. The van der Waals surface area contributed by atoms with E-state index in [1.807, 2.05) is 0 Å². The fourth-order valence-corrected chi connectivity index (χ4v) is 2.18. The summed E-state index contributed by atoms with van der Waals surface area (Å²) >= 11 is 5.77. The second kappa shape index (κ2) is 8.21. The van der Waals surface area contributed by atoms with Crippen molar-refractivity contribution in [3.8, 4) is 11.5 Å². The largest absolute Gasteiger partial charge is 0.493 e. The molecule has 0 heterocycles. The van der Waals surface area contributed by atoms with E-state index >= 15 is 0 Å². The highest BCUT2D eigenvalue weighted by atomic mass is 35.5. The summed E-state index contributed by atoms with van der Waals surface area (Å²) in [6, 6.07) is 11.0. The van der Waals surface area contributed by atoms with Crippen molar-refractivity contribution in [2.24, 2.45) is 0 Å². The molecule has 0 saturated carbocycles. The van der Waals surface area contributed by atoms with Crippen molar-refractivity contribution >= 4 is 29.6 Å². The normalized spacial score (nSPS) is 10.9. The summed E-state index contributed by atoms with van der Waals surface area (Å²) in [5.41, 5.74) is 0.558. The fourth-order valence-electron chi connectivity index (χ4n) is 2.06. The summed E-state index contributed by atoms with van der Waals surface area (Å²) in [5, 5.41) is 12.2. The highest BCUT2D eigenvalue weighted by Gasteiger charge is 2.14. The van der Waals surface area contributed by atoms with E-state index < -0.39 is 11.9 Å². The Balaban J connectivity index is 2.28. The van der Waals surface area contributed by atoms with E-state index in [-0.39, 0.29) is 5.70 Å². The maximum absolute atomic E-state index is 12.2. The van der Waals surface area contributed by atoms with Gasteiger partial charge in [0.25, 0.3) is 5.91 Å². The van der Waals surface area contributed by atoms with Gasteiger partial charge in [0.2, 0.25) is 0 Å². The van der Waals surface area contributed by atoms with Gasteiger partial charge in [-0.2, -0.15) is 0 Å². The number of hydrogen-bond donors (Lipinski definition) is 2. The van der Waals surface area contributed by atoms with Crippen molar-refractivity contribution in [2.45, 2.75) is 0 Å². The lowest BCUT2D eigenvalue weighted by Crippen LogP contribution is -2.27. The molecule has 0 fully saturated rings. The van der Waals surface area contributed by atoms with Gasteiger partial charge in [-0.3, -0.25) is 4.79 Å². The van der Waals surface area contributed by atoms with Gasteiger partial charge in [-0.1, -0.05) is 17.7 Å². The number of halogens is 1. The molecule has 0 unspecified atom stereocenters. The Morgan fingerprint density at radius 2 is 1.68 bits per heavy atom. The molecule has 1 amide bonds. The first-order chi connectivity index (χ1) is 11.9. The maximum atomic E-state index is 12.2. The van der Waals surface area contributed by atoms with Gasteiger partial charge >= 0.3 is 5.97 Å². The average Bonchev–Trinajstić information content (AvgIpc) is 2.61. The molecule has 6 nitrogen and oxygen atoms in total. The summed E-state index contributed by atoms with van der Waals surface area (Å²) < 4.78 is 10.3. The number of amides is 1. The Bertz CT molecular complexity index is 815. The third kappa shape index (κ3) is 4.74. The number of carbonyl (C=O) groups is 2. The molecule has 2 N–H and O–H groups in total. The van der Waals surface area contributed by atoms with Crippen molar-refractivity contribution in [1.29, 1.82) is 0 Å². The van der Waals surface area contributed by atoms with Crippen LogP contribution < -0.4 is 14.8 Å². The highest BCUT2D eigenvalue weighted by molar-refractivity contribution is 6.30. The zero-order valence-corrected chi connectivity index (χ0v) is 14.3. The zero-order chi connectivity index (χ0) is 18.4. The molecule has 2 rings (SSSR count). The van der Waals surface area contributed by atoms with E-state index in [2.05, 4.69) is 5.32 Å². The predicted molar refractivity (Wildman–Crippen MR) is 94.1 cm³/mol. The first-order valence-electron chi connectivity index (χ1n) is 7.18. The Labute approximate surface area is 149 Å². The van der Waals surface area contributed by atoms with Crippen molar-refractivity contribution in [2.75, 3.05) is 14.2 Å². The van der Waals surface area contributed by atoms with Gasteiger partial charge in [0.15, 0.2) is 11.5 Å². The van der Waals surface area contributed by atoms with Crippen molar-refractivity contribution in [3.05, 3.63) is 64.3 Å². The third-order valence-electron chi connectivity index (χ3n) is 3.30. The second-order valence-electron chi connectivity index (χ2n) is 4.94. The van der Waals surface area contributed by atoms with Crippen LogP contribution in [-0.4, -0.2) is 31.2 Å². The number of nitrogens with one attached hydrogen (secondary N) is 1. The lowest BCUT2D eigenvalue weighted by molar-refractivity contribution is -0.132. The molecule has 2 aromatic carbocycles. The van der Waals surface area contributed by atoms with Gasteiger partial charge in [0.1, 0.15) is 5.70 Å². The van der Waals surface area contributed by atoms with Crippen LogP contribution in [0.4, 0.5) is 0 Å². The van der Waals surface area contributed by atoms with E-state index in [0.29, 0.717) is 27.6 Å². The number of hydrogen-bond acceptors (Lipinski definition) is 4. The number of carboxylic acid groups (broad SMARTS) is 1. The monoisotopic (exact) mass is 361 g/mol. The van der Waals surface area contributed by atoms with Gasteiger partial charge in [-0.15, -0.1) is 0 Å². The molecule has 7 heteroatoms. The number of methoxy groups -OCH3 is 2. The smallest absolute Gasteiger partial charge is 0.352 e. The molecule has 0 atom stereocenters. The SMILES string of the molecule is COc1ccc(/C=C(/NC(=O)c2ccc(Cl)cc2)C(=O)O)cc1OC. The van der Waals surface area contributed by atoms with E-state index in [9.17, 15) is 14.7 Å². The Hall–Kier alpha value is -2.99. The van der Waals surface area contributed by atoms with Crippen LogP contribution in [0.5, 0.6) is 11.5 Å². The van der Waals surface area contributed by atoms with E-state index in [4.69, 9.17) is 21.1 Å². The minimum absolute atomic E-state index is 0.271. The molecular weight excluding hydrogens is 346 g/mol. The van der Waals surface area contributed by atoms with Crippen LogP contribution in [0.2, 0.25) is 5.02 Å². The molecule has 25 heavy (non-hydrogen) atoms. The second-order valence-corrected chi connectivity index (χ2v) is 5.38. The summed E-state index contributed by atoms with van der Waals surface area (Å²) in [4.78, 5) is 23.6. The predicted octanol–water partition coefficient (Wildman–Crippen LogP) is 3.21. The van der Waals surface area contributed by atoms with Crippen molar-refractivity contribution in [3.63, 3.8) is 0 Å². The molecule has 0 aromatic heterocycles. The maximum Gasteiger partial charge on any atom is 0.352 e. The fraction of sp³-hybridized carbons (Fsp3) is 0.111. The standard InChI is InChI=1S/C18H16ClNO5/c1-24-15-8-3-11(10-16(15)25-2)9-14(18(22)23)20-17(21)12-4-6-13(19)7-5-12/h3-10H,1-2H3,(H,20,21)(H,22,23)/b14-9+. The first-order valence-corrected chi connectivity index (χ1v) is 7.56. The van der Waals surface area contributed by atoms with Crippen LogP contribution in [0.3, 0.4) is 0 Å². The van der Waals surface area contributed by atoms with Crippen LogP contribution in [0.1, 0.15) is 15.9 Å². The van der Waals surface area contributed by atoms with E-state index in [0.717, 1.165) is 0 Å². The lowest BCUT2D eigenvalue weighted by atomic mass is 10.1. The van der Waals surface area contributed by atoms with Crippen LogP contribution in [0, 0.1) is 0 Å². The average molecular weight is 362 g/mol. The molecule has 0 bridgehead atoms. The molecule has 0 saturated heterocycles. The lowest BCUT2D eigenvalue weighted by Gasteiger charge is -2.09. The minimum atomic E-state index is -1.27. The van der Waals surface area contributed by atoms with Gasteiger partial charge in [0, 0.05) is 10.6 Å². The van der Waals surface area contributed by atoms with E-state index in [1.54, 1.807) is 30.3 Å². The topological polar surface area (TPSA) is 84.9 Å². The molecule has 0 aliphatic carbocycles. The number of rotatable bonds is 6.